The monoisotopic (exact) mass is 282 g/mol. The van der Waals surface area contributed by atoms with Crippen LogP contribution in [0.15, 0.2) is 24.3 Å². The molecule has 0 aliphatic rings. The van der Waals surface area contributed by atoms with E-state index in [-0.39, 0.29) is 0 Å². The maximum absolute atomic E-state index is 9.22. The molecule has 0 saturated heterocycles. The zero-order chi connectivity index (χ0) is 14.7. The van der Waals surface area contributed by atoms with Gasteiger partial charge in [-0.2, -0.15) is 10.5 Å². The molecule has 1 heterocycles. The average molecular weight is 283 g/mol. The van der Waals surface area contributed by atoms with E-state index in [1.165, 1.54) is 0 Å². The second-order valence-corrected chi connectivity index (χ2v) is 4.75. The first-order valence-electron chi connectivity index (χ1n) is 5.90. The third-order valence-corrected chi connectivity index (χ3v) is 3.13. The van der Waals surface area contributed by atoms with Crippen molar-refractivity contribution in [1.82, 2.24) is 4.98 Å². The maximum Gasteiger partial charge on any atom is 0.148 e. The van der Waals surface area contributed by atoms with Crippen molar-refractivity contribution in [2.75, 3.05) is 5.32 Å². The summed E-state index contributed by atoms with van der Waals surface area (Å²) in [6.45, 7) is 3.71. The number of rotatable bonds is 2. The van der Waals surface area contributed by atoms with Crippen LogP contribution in [0, 0.1) is 36.5 Å². The van der Waals surface area contributed by atoms with E-state index in [0.29, 0.717) is 27.7 Å². The van der Waals surface area contributed by atoms with Crippen LogP contribution in [0.25, 0.3) is 0 Å². The molecule has 2 aromatic rings. The number of nitrogens with one attached hydrogen (secondary N) is 1. The van der Waals surface area contributed by atoms with Crippen molar-refractivity contribution in [3.05, 3.63) is 51.7 Å². The number of halogens is 1. The van der Waals surface area contributed by atoms with Crippen molar-refractivity contribution in [2.24, 2.45) is 0 Å². The van der Waals surface area contributed by atoms with Gasteiger partial charge in [0.15, 0.2) is 0 Å². The van der Waals surface area contributed by atoms with Gasteiger partial charge in [-0.1, -0.05) is 11.6 Å². The Labute approximate surface area is 122 Å². The molecule has 2 rings (SSSR count). The summed E-state index contributed by atoms with van der Waals surface area (Å²) in [6.07, 6.45) is 0. The highest BCUT2D eigenvalue weighted by Gasteiger charge is 2.10. The highest BCUT2D eigenvalue weighted by Crippen LogP contribution is 2.28. The largest absolute Gasteiger partial charge is 0.338 e. The fourth-order valence-corrected chi connectivity index (χ4v) is 2.05. The number of aryl methyl sites for hydroxylation is 2. The highest BCUT2D eigenvalue weighted by atomic mass is 35.5. The fourth-order valence-electron chi connectivity index (χ4n) is 1.89. The van der Waals surface area contributed by atoms with Crippen LogP contribution in [0.5, 0.6) is 0 Å². The predicted molar refractivity (Wildman–Crippen MR) is 77.9 cm³/mol. The minimum atomic E-state index is 0.446. The first-order chi connectivity index (χ1) is 9.55. The van der Waals surface area contributed by atoms with Gasteiger partial charge in [-0.3, -0.25) is 0 Å². The van der Waals surface area contributed by atoms with Gasteiger partial charge in [-0.05, 0) is 43.7 Å². The van der Waals surface area contributed by atoms with Gasteiger partial charge in [0.05, 0.1) is 27.9 Å². The molecule has 0 aliphatic heterocycles. The van der Waals surface area contributed by atoms with E-state index < -0.39 is 0 Å². The minimum Gasteiger partial charge on any atom is -0.338 e. The Morgan fingerprint density at radius 2 is 1.90 bits per heavy atom. The van der Waals surface area contributed by atoms with Gasteiger partial charge >= 0.3 is 0 Å². The standard InChI is InChI=1S/C15H11ClN4/c1-9-5-10(2)19-15(12(9)8-18)20-14-6-11(7-17)3-4-13(14)16/h3-6H,1-2H3,(H,19,20). The molecule has 1 aromatic carbocycles. The van der Waals surface area contributed by atoms with Gasteiger partial charge in [0.25, 0.3) is 0 Å². The van der Waals surface area contributed by atoms with Gasteiger partial charge < -0.3 is 5.32 Å². The summed E-state index contributed by atoms with van der Waals surface area (Å²) < 4.78 is 0. The van der Waals surface area contributed by atoms with E-state index in [2.05, 4.69) is 16.4 Å². The van der Waals surface area contributed by atoms with Crippen LogP contribution in [-0.2, 0) is 0 Å². The van der Waals surface area contributed by atoms with Crippen LogP contribution in [0.1, 0.15) is 22.4 Å². The molecule has 1 aromatic heterocycles. The average Bonchev–Trinajstić information content (AvgIpc) is 2.41. The van der Waals surface area contributed by atoms with E-state index in [9.17, 15) is 5.26 Å². The number of benzene rings is 1. The molecule has 0 spiro atoms. The van der Waals surface area contributed by atoms with E-state index >= 15 is 0 Å². The van der Waals surface area contributed by atoms with E-state index in [1.807, 2.05) is 26.0 Å². The first-order valence-corrected chi connectivity index (χ1v) is 6.28. The lowest BCUT2D eigenvalue weighted by atomic mass is 10.1. The van der Waals surface area contributed by atoms with Crippen molar-refractivity contribution in [1.29, 1.82) is 10.5 Å². The Morgan fingerprint density at radius 3 is 2.55 bits per heavy atom. The number of aromatic nitrogens is 1. The zero-order valence-corrected chi connectivity index (χ0v) is 11.8. The lowest BCUT2D eigenvalue weighted by Crippen LogP contribution is -2.01. The Hall–Kier alpha value is -2.56. The number of anilines is 2. The summed E-state index contributed by atoms with van der Waals surface area (Å²) in [7, 11) is 0. The molecule has 0 saturated carbocycles. The summed E-state index contributed by atoms with van der Waals surface area (Å²) in [5.41, 5.74) is 3.15. The van der Waals surface area contributed by atoms with Crippen molar-refractivity contribution < 1.29 is 0 Å². The van der Waals surface area contributed by atoms with E-state index in [4.69, 9.17) is 16.9 Å². The molecule has 0 fully saturated rings. The second kappa shape index (κ2) is 5.61. The first kappa shape index (κ1) is 13.9. The fraction of sp³-hybridized carbons (Fsp3) is 0.133. The third kappa shape index (κ3) is 2.71. The van der Waals surface area contributed by atoms with Crippen LogP contribution >= 0.6 is 11.6 Å². The van der Waals surface area contributed by atoms with Gasteiger partial charge in [-0.25, -0.2) is 4.98 Å². The second-order valence-electron chi connectivity index (χ2n) is 4.35. The normalized spacial score (nSPS) is 9.65. The Balaban J connectivity index is 2.51. The maximum atomic E-state index is 9.22. The predicted octanol–water partition coefficient (Wildman–Crippen LogP) is 3.84. The van der Waals surface area contributed by atoms with Crippen LogP contribution < -0.4 is 5.32 Å². The summed E-state index contributed by atoms with van der Waals surface area (Å²) in [4.78, 5) is 4.32. The van der Waals surface area contributed by atoms with Crippen molar-refractivity contribution in [2.45, 2.75) is 13.8 Å². The number of nitriles is 2. The molecule has 20 heavy (non-hydrogen) atoms. The molecule has 5 heteroatoms. The quantitative estimate of drug-likeness (QED) is 0.908. The SMILES string of the molecule is Cc1cc(C)c(C#N)c(Nc2cc(C#N)ccc2Cl)n1. The lowest BCUT2D eigenvalue weighted by Gasteiger charge is -2.11. The summed E-state index contributed by atoms with van der Waals surface area (Å²) in [5.74, 6) is 0.446. The highest BCUT2D eigenvalue weighted by molar-refractivity contribution is 6.33. The molecular weight excluding hydrogens is 272 g/mol. The number of hydrogen-bond acceptors (Lipinski definition) is 4. The Morgan fingerprint density at radius 1 is 1.15 bits per heavy atom. The van der Waals surface area contributed by atoms with Crippen LogP contribution in [-0.4, -0.2) is 4.98 Å². The smallest absolute Gasteiger partial charge is 0.148 e. The molecule has 0 atom stereocenters. The number of nitrogens with zero attached hydrogens (tertiary/aromatic N) is 3. The molecular formula is C15H11ClN4. The lowest BCUT2D eigenvalue weighted by molar-refractivity contribution is 1.16. The summed E-state index contributed by atoms with van der Waals surface area (Å²) in [5, 5.41) is 21.6. The molecule has 4 nitrogen and oxygen atoms in total. The molecule has 0 radical (unpaired) electrons. The third-order valence-electron chi connectivity index (χ3n) is 2.81. The number of pyridine rings is 1. The topological polar surface area (TPSA) is 72.5 Å². The molecule has 0 aliphatic carbocycles. The summed E-state index contributed by atoms with van der Waals surface area (Å²) >= 11 is 6.10. The minimum absolute atomic E-state index is 0.446. The van der Waals surface area contributed by atoms with Crippen LogP contribution in [0.4, 0.5) is 11.5 Å². The Kier molecular flexibility index (Phi) is 3.89. The van der Waals surface area contributed by atoms with Gasteiger partial charge in [0.2, 0.25) is 0 Å². The van der Waals surface area contributed by atoms with Crippen LogP contribution in [0.3, 0.4) is 0 Å². The van der Waals surface area contributed by atoms with Gasteiger partial charge in [-0.15, -0.1) is 0 Å². The van der Waals surface area contributed by atoms with Gasteiger partial charge in [0.1, 0.15) is 11.9 Å². The molecule has 0 unspecified atom stereocenters. The van der Waals surface area contributed by atoms with Crippen molar-refractivity contribution in [3.63, 3.8) is 0 Å². The van der Waals surface area contributed by atoms with Gasteiger partial charge in [0, 0.05) is 5.69 Å². The summed E-state index contributed by atoms with van der Waals surface area (Å²) in [6, 6.07) is 10.9. The zero-order valence-electron chi connectivity index (χ0n) is 11.0. The molecule has 98 valence electrons. The van der Waals surface area contributed by atoms with Crippen molar-refractivity contribution >= 4 is 23.1 Å². The molecule has 1 N–H and O–H groups in total. The van der Waals surface area contributed by atoms with Crippen LogP contribution in [0.2, 0.25) is 5.02 Å². The van der Waals surface area contributed by atoms with E-state index in [0.717, 1.165) is 11.3 Å². The number of hydrogen-bond donors (Lipinski definition) is 1. The van der Waals surface area contributed by atoms with Crippen molar-refractivity contribution in [3.8, 4) is 12.1 Å². The van der Waals surface area contributed by atoms with E-state index in [1.54, 1.807) is 18.2 Å². The Bertz CT molecular complexity index is 754. The molecule has 0 amide bonds. The molecule has 0 bridgehead atoms.